The van der Waals surface area contributed by atoms with Crippen LogP contribution in [0, 0.1) is 12.8 Å². The topological polar surface area (TPSA) is 68.0 Å². The fraction of sp³-hybridized carbons (Fsp3) is 0.400. The Bertz CT molecular complexity index is 673. The number of aryl methyl sites for hydroxylation is 1. The molecule has 1 N–H and O–H groups in total. The minimum absolute atomic E-state index is 0.103. The Morgan fingerprint density at radius 2 is 2.14 bits per heavy atom. The highest BCUT2D eigenvalue weighted by Crippen LogP contribution is 2.25. The Morgan fingerprint density at radius 3 is 2.68 bits per heavy atom. The van der Waals surface area contributed by atoms with E-state index in [2.05, 4.69) is 15.5 Å². The van der Waals surface area contributed by atoms with Crippen LogP contribution in [0.5, 0.6) is 0 Å². The molecule has 2 aromatic rings. The molecule has 0 spiro atoms. The number of aromatic nitrogens is 2. The summed E-state index contributed by atoms with van der Waals surface area (Å²) in [5.74, 6) is 0.789. The molecule has 0 fully saturated rings. The minimum atomic E-state index is -0.359. The van der Waals surface area contributed by atoms with Gasteiger partial charge in [-0.2, -0.15) is 4.98 Å². The summed E-state index contributed by atoms with van der Waals surface area (Å²) in [6.45, 7) is 5.69. The molecule has 0 aliphatic rings. The molecule has 0 saturated carbocycles. The average molecular weight is 340 g/mol. The summed E-state index contributed by atoms with van der Waals surface area (Å²) >= 11 is 7.69. The minimum Gasteiger partial charge on any atom is -0.340 e. The molecule has 1 heterocycles. The summed E-state index contributed by atoms with van der Waals surface area (Å²) in [5.41, 5.74) is 0.440. The van der Waals surface area contributed by atoms with E-state index in [4.69, 9.17) is 16.1 Å². The molecule has 1 aromatic heterocycles. The van der Waals surface area contributed by atoms with Crippen LogP contribution in [0.4, 0.5) is 0 Å². The summed E-state index contributed by atoms with van der Waals surface area (Å²) in [7, 11) is 0. The van der Waals surface area contributed by atoms with Gasteiger partial charge >= 0.3 is 0 Å². The molecule has 7 heteroatoms. The van der Waals surface area contributed by atoms with Crippen molar-refractivity contribution in [3.8, 4) is 0 Å². The molecule has 1 amide bonds. The molecule has 0 aliphatic heterocycles. The number of nitrogens with one attached hydrogen (secondary N) is 1. The number of nitrogens with zero attached hydrogens (tertiary/aromatic N) is 2. The van der Waals surface area contributed by atoms with E-state index < -0.39 is 0 Å². The highest BCUT2D eigenvalue weighted by Gasteiger charge is 2.25. The molecule has 1 atom stereocenters. The Kier molecular flexibility index (Phi) is 5.47. The quantitative estimate of drug-likeness (QED) is 0.837. The van der Waals surface area contributed by atoms with E-state index in [0.717, 1.165) is 4.90 Å². The number of carbonyl (C=O) groups is 1. The number of hydrogen-bond donors (Lipinski definition) is 1. The highest BCUT2D eigenvalue weighted by atomic mass is 35.5. The zero-order chi connectivity index (χ0) is 16.3. The lowest BCUT2D eigenvalue weighted by Gasteiger charge is -2.19. The molecular formula is C15H18ClN3O2S. The van der Waals surface area contributed by atoms with Crippen molar-refractivity contribution in [1.82, 2.24) is 15.5 Å². The SMILES string of the molecule is CSc1ccc(Cl)c(C(=O)NC(c2nc(C)no2)C(C)C)c1. The number of rotatable bonds is 5. The van der Waals surface area contributed by atoms with Crippen molar-refractivity contribution in [1.29, 1.82) is 0 Å². The Hall–Kier alpha value is -1.53. The van der Waals surface area contributed by atoms with Gasteiger partial charge in [-0.05, 0) is 37.3 Å². The third-order valence-corrected chi connectivity index (χ3v) is 4.24. The van der Waals surface area contributed by atoms with E-state index in [1.807, 2.05) is 26.2 Å². The van der Waals surface area contributed by atoms with E-state index in [1.165, 1.54) is 0 Å². The molecule has 5 nitrogen and oxygen atoms in total. The molecule has 0 radical (unpaired) electrons. The predicted molar refractivity (Wildman–Crippen MR) is 87.3 cm³/mol. The molecule has 0 aliphatic carbocycles. The van der Waals surface area contributed by atoms with E-state index in [0.29, 0.717) is 22.3 Å². The second-order valence-corrected chi connectivity index (χ2v) is 6.51. The maximum Gasteiger partial charge on any atom is 0.253 e. The lowest BCUT2D eigenvalue weighted by Crippen LogP contribution is -2.32. The van der Waals surface area contributed by atoms with Crippen LogP contribution in [-0.4, -0.2) is 22.3 Å². The molecule has 118 valence electrons. The first-order valence-electron chi connectivity index (χ1n) is 6.87. The lowest BCUT2D eigenvalue weighted by atomic mass is 10.0. The molecule has 1 aromatic carbocycles. The van der Waals surface area contributed by atoms with Gasteiger partial charge in [0, 0.05) is 4.90 Å². The standard InChI is InChI=1S/C15H18ClN3O2S/c1-8(2)13(15-17-9(3)19-21-15)18-14(20)11-7-10(22-4)5-6-12(11)16/h5-8,13H,1-4H3,(H,18,20). The monoisotopic (exact) mass is 339 g/mol. The van der Waals surface area contributed by atoms with Gasteiger partial charge in [0.15, 0.2) is 5.82 Å². The summed E-state index contributed by atoms with van der Waals surface area (Å²) < 4.78 is 5.19. The normalized spacial score (nSPS) is 12.5. The first-order valence-corrected chi connectivity index (χ1v) is 8.47. The van der Waals surface area contributed by atoms with Gasteiger partial charge in [-0.1, -0.05) is 30.6 Å². The van der Waals surface area contributed by atoms with Crippen LogP contribution in [-0.2, 0) is 0 Å². The van der Waals surface area contributed by atoms with Crippen molar-refractivity contribution in [2.45, 2.75) is 31.7 Å². The van der Waals surface area contributed by atoms with Crippen LogP contribution in [0.1, 0.15) is 42.0 Å². The van der Waals surface area contributed by atoms with E-state index in [1.54, 1.807) is 30.8 Å². The smallest absolute Gasteiger partial charge is 0.253 e. The molecule has 22 heavy (non-hydrogen) atoms. The third-order valence-electron chi connectivity index (χ3n) is 3.18. The van der Waals surface area contributed by atoms with Crippen molar-refractivity contribution in [3.63, 3.8) is 0 Å². The van der Waals surface area contributed by atoms with E-state index in [-0.39, 0.29) is 17.9 Å². The molecule has 0 bridgehead atoms. The Morgan fingerprint density at radius 1 is 1.41 bits per heavy atom. The van der Waals surface area contributed by atoms with Gasteiger partial charge in [-0.25, -0.2) is 0 Å². The van der Waals surface area contributed by atoms with Crippen molar-refractivity contribution in [2.75, 3.05) is 6.26 Å². The van der Waals surface area contributed by atoms with Crippen LogP contribution < -0.4 is 5.32 Å². The first-order chi connectivity index (χ1) is 10.4. The zero-order valence-corrected chi connectivity index (χ0v) is 14.5. The van der Waals surface area contributed by atoms with Gasteiger partial charge < -0.3 is 9.84 Å². The second-order valence-electron chi connectivity index (χ2n) is 5.22. The number of amides is 1. The van der Waals surface area contributed by atoms with E-state index >= 15 is 0 Å². The predicted octanol–water partition coefficient (Wildman–Crippen LogP) is 3.88. The number of halogens is 1. The lowest BCUT2D eigenvalue weighted by molar-refractivity contribution is 0.0914. The van der Waals surface area contributed by atoms with E-state index in [9.17, 15) is 4.79 Å². The van der Waals surface area contributed by atoms with Gasteiger partial charge in [0.1, 0.15) is 6.04 Å². The molecule has 0 saturated heterocycles. The van der Waals surface area contributed by atoms with Crippen LogP contribution in [0.2, 0.25) is 5.02 Å². The number of benzene rings is 1. The second kappa shape index (κ2) is 7.15. The number of hydrogen-bond acceptors (Lipinski definition) is 5. The largest absolute Gasteiger partial charge is 0.340 e. The summed E-state index contributed by atoms with van der Waals surface area (Å²) in [6.07, 6.45) is 1.95. The molecular weight excluding hydrogens is 322 g/mol. The van der Waals surface area contributed by atoms with Gasteiger partial charge in [0.25, 0.3) is 5.91 Å². The fourth-order valence-corrected chi connectivity index (χ4v) is 2.62. The number of thioether (sulfide) groups is 1. The van der Waals surface area contributed by atoms with Crippen LogP contribution >= 0.6 is 23.4 Å². The Labute approximate surface area is 138 Å². The summed E-state index contributed by atoms with van der Waals surface area (Å²) in [5, 5.41) is 7.12. The highest BCUT2D eigenvalue weighted by molar-refractivity contribution is 7.98. The van der Waals surface area contributed by atoms with Crippen molar-refractivity contribution in [3.05, 3.63) is 40.5 Å². The third kappa shape index (κ3) is 3.81. The van der Waals surface area contributed by atoms with Crippen LogP contribution in [0.25, 0.3) is 0 Å². The fourth-order valence-electron chi connectivity index (χ4n) is 1.98. The van der Waals surface area contributed by atoms with Gasteiger partial charge in [0.2, 0.25) is 5.89 Å². The van der Waals surface area contributed by atoms with Gasteiger partial charge in [-0.15, -0.1) is 11.8 Å². The average Bonchev–Trinajstić information content (AvgIpc) is 2.90. The van der Waals surface area contributed by atoms with Crippen molar-refractivity contribution in [2.24, 2.45) is 5.92 Å². The Balaban J connectivity index is 2.25. The van der Waals surface area contributed by atoms with Crippen molar-refractivity contribution < 1.29 is 9.32 Å². The van der Waals surface area contributed by atoms with Gasteiger partial charge in [0.05, 0.1) is 10.6 Å². The van der Waals surface area contributed by atoms with Crippen LogP contribution in [0.3, 0.4) is 0 Å². The number of carbonyl (C=O) groups excluding carboxylic acids is 1. The van der Waals surface area contributed by atoms with Crippen LogP contribution in [0.15, 0.2) is 27.6 Å². The molecule has 2 rings (SSSR count). The maximum absolute atomic E-state index is 12.5. The maximum atomic E-state index is 12.5. The summed E-state index contributed by atoms with van der Waals surface area (Å²) in [6, 6.07) is 5.02. The first kappa shape index (κ1) is 16.8. The van der Waals surface area contributed by atoms with Crippen molar-refractivity contribution >= 4 is 29.3 Å². The summed E-state index contributed by atoms with van der Waals surface area (Å²) in [4.78, 5) is 17.7. The van der Waals surface area contributed by atoms with Gasteiger partial charge in [-0.3, -0.25) is 4.79 Å². The molecule has 1 unspecified atom stereocenters. The zero-order valence-electron chi connectivity index (χ0n) is 12.9.